The number of hydrogen-bond donors (Lipinski definition) is 3. The second kappa shape index (κ2) is 6.09. The monoisotopic (exact) mass is 321 g/mol. The van der Waals surface area contributed by atoms with E-state index in [0.717, 1.165) is 0 Å². The minimum absolute atomic E-state index is 0.0352. The van der Waals surface area contributed by atoms with Crippen LogP contribution in [0.3, 0.4) is 0 Å². The van der Waals surface area contributed by atoms with Crippen LogP contribution in [0.1, 0.15) is 18.9 Å². The molecule has 20 heavy (non-hydrogen) atoms. The van der Waals surface area contributed by atoms with Crippen LogP contribution in [0.4, 0.5) is 0 Å². The SMILES string of the molecule is Cc1cc(Cl)ccc1S(=O)(=O)NCC(C)(O)CC(=O)O. The molecule has 0 saturated heterocycles. The number of halogens is 1. The van der Waals surface area contributed by atoms with Gasteiger partial charge in [-0.1, -0.05) is 11.6 Å². The van der Waals surface area contributed by atoms with Crippen LogP contribution in [0.15, 0.2) is 23.1 Å². The van der Waals surface area contributed by atoms with Gasteiger partial charge in [-0.2, -0.15) is 0 Å². The molecule has 1 unspecified atom stereocenters. The molecule has 0 aliphatic heterocycles. The quantitative estimate of drug-likeness (QED) is 0.729. The highest BCUT2D eigenvalue weighted by molar-refractivity contribution is 7.89. The number of carbonyl (C=O) groups is 1. The third-order valence-electron chi connectivity index (χ3n) is 2.60. The van der Waals surface area contributed by atoms with E-state index in [1.165, 1.54) is 25.1 Å². The highest BCUT2D eigenvalue weighted by Gasteiger charge is 2.27. The van der Waals surface area contributed by atoms with E-state index < -0.39 is 34.6 Å². The molecule has 1 atom stereocenters. The Bertz CT molecular complexity index is 612. The first kappa shape index (κ1) is 16.9. The zero-order valence-electron chi connectivity index (χ0n) is 11.1. The van der Waals surface area contributed by atoms with Gasteiger partial charge in [0.2, 0.25) is 10.0 Å². The number of aryl methyl sites for hydroxylation is 1. The van der Waals surface area contributed by atoms with Crippen LogP contribution in [0, 0.1) is 6.92 Å². The van der Waals surface area contributed by atoms with Crippen LogP contribution in [0.25, 0.3) is 0 Å². The molecule has 1 aromatic rings. The Kier molecular flexibility index (Phi) is 5.15. The number of carboxylic acid groups (broad SMARTS) is 1. The third kappa shape index (κ3) is 4.75. The van der Waals surface area contributed by atoms with E-state index in [4.69, 9.17) is 16.7 Å². The van der Waals surface area contributed by atoms with Gasteiger partial charge in [0.25, 0.3) is 0 Å². The summed E-state index contributed by atoms with van der Waals surface area (Å²) in [6.07, 6.45) is -0.560. The Morgan fingerprint density at radius 1 is 1.45 bits per heavy atom. The molecule has 0 spiro atoms. The van der Waals surface area contributed by atoms with Crippen molar-refractivity contribution in [2.75, 3.05) is 6.54 Å². The van der Waals surface area contributed by atoms with Crippen LogP contribution >= 0.6 is 11.6 Å². The molecule has 0 aliphatic carbocycles. The largest absolute Gasteiger partial charge is 0.481 e. The predicted molar refractivity (Wildman–Crippen MR) is 74.3 cm³/mol. The van der Waals surface area contributed by atoms with Gasteiger partial charge in [0, 0.05) is 11.6 Å². The summed E-state index contributed by atoms with van der Waals surface area (Å²) in [5.41, 5.74) is -1.21. The van der Waals surface area contributed by atoms with Gasteiger partial charge in [0.1, 0.15) is 0 Å². The molecule has 0 fully saturated rings. The first-order valence-electron chi connectivity index (χ1n) is 5.73. The van der Waals surface area contributed by atoms with Crippen molar-refractivity contribution in [1.29, 1.82) is 0 Å². The smallest absolute Gasteiger partial charge is 0.306 e. The Hall–Kier alpha value is -1.15. The zero-order valence-corrected chi connectivity index (χ0v) is 12.6. The molecule has 1 rings (SSSR count). The molecule has 3 N–H and O–H groups in total. The first-order valence-corrected chi connectivity index (χ1v) is 7.60. The van der Waals surface area contributed by atoms with Crippen LogP contribution in [0.2, 0.25) is 5.02 Å². The van der Waals surface area contributed by atoms with Crippen LogP contribution in [-0.4, -0.2) is 36.7 Å². The molecule has 0 heterocycles. The Morgan fingerprint density at radius 3 is 2.55 bits per heavy atom. The van der Waals surface area contributed by atoms with Gasteiger partial charge in [0.15, 0.2) is 0 Å². The maximum Gasteiger partial charge on any atom is 0.306 e. The van der Waals surface area contributed by atoms with Gasteiger partial charge < -0.3 is 10.2 Å². The summed E-state index contributed by atoms with van der Waals surface area (Å²) >= 11 is 5.75. The van der Waals surface area contributed by atoms with Gasteiger partial charge in [-0.15, -0.1) is 0 Å². The van der Waals surface area contributed by atoms with E-state index in [1.54, 1.807) is 6.92 Å². The van der Waals surface area contributed by atoms with E-state index in [-0.39, 0.29) is 4.90 Å². The number of benzene rings is 1. The van der Waals surface area contributed by atoms with Gasteiger partial charge in [0.05, 0.1) is 16.9 Å². The lowest BCUT2D eigenvalue weighted by atomic mass is 10.0. The molecule has 0 bridgehead atoms. The predicted octanol–water partition coefficient (Wildman–Crippen LogP) is 1.15. The van der Waals surface area contributed by atoms with Crippen molar-refractivity contribution >= 4 is 27.6 Å². The van der Waals surface area contributed by atoms with Gasteiger partial charge in [-0.05, 0) is 37.6 Å². The summed E-state index contributed by atoms with van der Waals surface area (Å²) in [4.78, 5) is 10.6. The first-order chi connectivity index (χ1) is 9.03. The highest BCUT2D eigenvalue weighted by Crippen LogP contribution is 2.20. The molecule has 0 amide bonds. The van der Waals surface area contributed by atoms with E-state index in [1.807, 2.05) is 0 Å². The summed E-state index contributed by atoms with van der Waals surface area (Å²) in [5.74, 6) is -1.21. The summed E-state index contributed by atoms with van der Waals surface area (Å²) in [6, 6.07) is 4.30. The van der Waals surface area contributed by atoms with Gasteiger partial charge in [-0.3, -0.25) is 4.79 Å². The number of aliphatic carboxylic acids is 1. The minimum atomic E-state index is -3.84. The number of hydrogen-bond acceptors (Lipinski definition) is 4. The van der Waals surface area contributed by atoms with E-state index in [0.29, 0.717) is 10.6 Å². The standard InChI is InChI=1S/C12H16ClNO5S/c1-8-5-9(13)3-4-10(8)20(18,19)14-7-12(2,17)6-11(15)16/h3-5,14,17H,6-7H2,1-2H3,(H,15,16). The van der Waals surface area contributed by atoms with E-state index >= 15 is 0 Å². The Morgan fingerprint density at radius 2 is 2.05 bits per heavy atom. The molecule has 0 radical (unpaired) electrons. The molecule has 8 heteroatoms. The van der Waals surface area contributed by atoms with Crippen LogP contribution in [-0.2, 0) is 14.8 Å². The second-order valence-electron chi connectivity index (χ2n) is 4.80. The number of rotatable bonds is 6. The fourth-order valence-electron chi connectivity index (χ4n) is 1.63. The van der Waals surface area contributed by atoms with Crippen molar-refractivity contribution < 1.29 is 23.4 Å². The maximum absolute atomic E-state index is 12.1. The van der Waals surface area contributed by atoms with Crippen molar-refractivity contribution in [2.24, 2.45) is 0 Å². The second-order valence-corrected chi connectivity index (χ2v) is 6.97. The van der Waals surface area contributed by atoms with E-state index in [9.17, 15) is 18.3 Å². The average Bonchev–Trinajstić information content (AvgIpc) is 2.24. The maximum atomic E-state index is 12.1. The van der Waals surface area contributed by atoms with Crippen molar-refractivity contribution in [3.63, 3.8) is 0 Å². The van der Waals surface area contributed by atoms with Crippen molar-refractivity contribution in [1.82, 2.24) is 4.72 Å². The lowest BCUT2D eigenvalue weighted by Gasteiger charge is -2.21. The van der Waals surface area contributed by atoms with Crippen LogP contribution in [0.5, 0.6) is 0 Å². The molecule has 1 aromatic carbocycles. The molecule has 0 saturated carbocycles. The number of aliphatic hydroxyl groups is 1. The molecule has 0 aliphatic rings. The normalized spacial score (nSPS) is 14.8. The molecule has 0 aromatic heterocycles. The van der Waals surface area contributed by atoms with E-state index in [2.05, 4.69) is 4.72 Å². The molecular formula is C12H16ClNO5S. The molecule has 112 valence electrons. The summed E-state index contributed by atoms with van der Waals surface area (Å²) in [5, 5.41) is 18.8. The van der Waals surface area contributed by atoms with Crippen molar-refractivity contribution in [2.45, 2.75) is 30.8 Å². The molecule has 6 nitrogen and oxygen atoms in total. The lowest BCUT2D eigenvalue weighted by molar-refractivity contribution is -0.141. The number of sulfonamides is 1. The average molecular weight is 322 g/mol. The summed E-state index contributed by atoms with van der Waals surface area (Å²) in [7, 11) is -3.84. The summed E-state index contributed by atoms with van der Waals surface area (Å²) < 4.78 is 26.4. The van der Waals surface area contributed by atoms with Gasteiger partial charge >= 0.3 is 5.97 Å². The van der Waals surface area contributed by atoms with Crippen molar-refractivity contribution in [3.8, 4) is 0 Å². The van der Waals surface area contributed by atoms with Crippen molar-refractivity contribution in [3.05, 3.63) is 28.8 Å². The number of nitrogens with one attached hydrogen (secondary N) is 1. The molecular weight excluding hydrogens is 306 g/mol. The topological polar surface area (TPSA) is 104 Å². The fraction of sp³-hybridized carbons (Fsp3) is 0.417. The fourth-order valence-corrected chi connectivity index (χ4v) is 3.24. The Balaban J connectivity index is 2.88. The Labute approximate surface area is 122 Å². The highest BCUT2D eigenvalue weighted by atomic mass is 35.5. The third-order valence-corrected chi connectivity index (χ3v) is 4.40. The summed E-state index contributed by atoms with van der Waals surface area (Å²) in [6.45, 7) is 2.44. The number of carboxylic acids is 1. The van der Waals surface area contributed by atoms with Crippen LogP contribution < -0.4 is 4.72 Å². The lowest BCUT2D eigenvalue weighted by Crippen LogP contribution is -2.42. The minimum Gasteiger partial charge on any atom is -0.481 e. The zero-order chi connectivity index (χ0) is 15.6. The van der Waals surface area contributed by atoms with Gasteiger partial charge in [-0.25, -0.2) is 13.1 Å².